The van der Waals surface area contributed by atoms with Gasteiger partial charge in [0.15, 0.2) is 0 Å². The van der Waals surface area contributed by atoms with Crippen molar-refractivity contribution in [2.24, 2.45) is 5.73 Å². The molecule has 0 saturated carbocycles. The van der Waals surface area contributed by atoms with E-state index in [0.29, 0.717) is 0 Å². The average molecular weight is 206 g/mol. The van der Waals surface area contributed by atoms with Crippen LogP contribution in [0.2, 0.25) is 0 Å². The largest absolute Gasteiger partial charge is 0.480 e. The van der Waals surface area contributed by atoms with Crippen molar-refractivity contribution in [2.45, 2.75) is 18.9 Å². The van der Waals surface area contributed by atoms with Crippen molar-refractivity contribution in [1.82, 2.24) is 5.32 Å². The molecule has 0 rings (SSSR count). The molecule has 0 aliphatic heterocycles. The van der Waals surface area contributed by atoms with Crippen LogP contribution in [-0.4, -0.2) is 28.7 Å². The minimum Gasteiger partial charge on any atom is -0.480 e. The first-order chi connectivity index (χ1) is 5.93. The van der Waals surface area contributed by atoms with Crippen LogP contribution in [0.4, 0.5) is 4.79 Å². The van der Waals surface area contributed by atoms with Gasteiger partial charge in [0.1, 0.15) is 6.04 Å². The highest BCUT2D eigenvalue weighted by molar-refractivity contribution is 7.39. The van der Waals surface area contributed by atoms with Crippen molar-refractivity contribution in [3.63, 3.8) is 0 Å². The number of rotatable bonds is 5. The van der Waals surface area contributed by atoms with Gasteiger partial charge >= 0.3 is 5.97 Å². The topological polar surface area (TPSA) is 109 Å². The van der Waals surface area contributed by atoms with Crippen LogP contribution in [0.25, 0.3) is 0 Å². The Hall–Kier alpha value is -1.16. The molecule has 0 aliphatic carbocycles. The molecule has 0 heterocycles. The van der Waals surface area contributed by atoms with Gasteiger partial charge < -0.3 is 16.2 Å². The van der Waals surface area contributed by atoms with Crippen molar-refractivity contribution in [2.75, 3.05) is 0 Å². The molecular weight excluding hydrogens is 195 g/mol. The Morgan fingerprint density at radius 1 is 1.46 bits per heavy atom. The highest BCUT2D eigenvalue weighted by Gasteiger charge is 2.18. The number of nitrogens with two attached hydrogens (primary N) is 1. The molecule has 2 atom stereocenters. The van der Waals surface area contributed by atoms with E-state index < -0.39 is 23.6 Å². The molecule has 1 unspecified atom stereocenters. The number of carboxylic acid groups (broad SMARTS) is 1. The summed E-state index contributed by atoms with van der Waals surface area (Å²) in [6, 6.07) is -1.06. The number of hydrogen-bond donors (Lipinski definition) is 3. The monoisotopic (exact) mass is 206 g/mol. The van der Waals surface area contributed by atoms with Gasteiger partial charge in [-0.25, -0.2) is 4.79 Å². The Labute approximate surface area is 77.1 Å². The summed E-state index contributed by atoms with van der Waals surface area (Å²) in [4.78, 5) is 31.3. The predicted molar refractivity (Wildman–Crippen MR) is 48.1 cm³/mol. The number of carboxylic acids is 1. The Morgan fingerprint density at radius 3 is 2.31 bits per heavy atom. The Bertz CT molecular complexity index is 231. The van der Waals surface area contributed by atoms with Crippen molar-refractivity contribution in [3.8, 4) is 0 Å². The van der Waals surface area contributed by atoms with Crippen LogP contribution in [-0.2, 0) is 9.59 Å². The summed E-state index contributed by atoms with van der Waals surface area (Å²) >= 11 is 0. The van der Waals surface area contributed by atoms with Gasteiger partial charge in [-0.05, 0) is 15.7 Å². The van der Waals surface area contributed by atoms with E-state index in [1.54, 1.807) is 9.24 Å². The van der Waals surface area contributed by atoms with Gasteiger partial charge in [-0.15, -0.1) is 0 Å². The standard InChI is InChI=1S/C6H11N2O4P/c7-4(9)2-1-3(5(10)11)8-6(12)13/h3H,1-2,13H2,(H2,7,9)(H,8,12)(H,10,11)/t3-/m0/s1. The van der Waals surface area contributed by atoms with E-state index in [-0.39, 0.29) is 12.8 Å². The molecule has 4 N–H and O–H groups in total. The van der Waals surface area contributed by atoms with Crippen LogP contribution in [0.1, 0.15) is 12.8 Å². The molecule has 0 saturated heterocycles. The Kier molecular flexibility index (Phi) is 4.99. The summed E-state index contributed by atoms with van der Waals surface area (Å²) in [5, 5.41) is 10.7. The summed E-state index contributed by atoms with van der Waals surface area (Å²) in [5.41, 5.74) is 4.29. The quantitative estimate of drug-likeness (QED) is 0.516. The van der Waals surface area contributed by atoms with Gasteiger partial charge in [-0.3, -0.25) is 9.59 Å². The van der Waals surface area contributed by atoms with Gasteiger partial charge in [0.05, 0.1) is 0 Å². The zero-order valence-electron chi connectivity index (χ0n) is 6.82. The lowest BCUT2D eigenvalue weighted by molar-refractivity contribution is -0.139. The fourth-order valence-corrected chi connectivity index (χ4v) is 0.917. The van der Waals surface area contributed by atoms with Crippen molar-refractivity contribution >= 4 is 26.8 Å². The third-order valence-corrected chi connectivity index (χ3v) is 1.46. The van der Waals surface area contributed by atoms with Crippen LogP contribution in [0.5, 0.6) is 0 Å². The highest BCUT2D eigenvalue weighted by Crippen LogP contribution is 1.99. The predicted octanol–water partition coefficient (Wildman–Crippen LogP) is -0.710. The molecular formula is C6H11N2O4P. The first-order valence-electron chi connectivity index (χ1n) is 3.50. The maximum atomic E-state index is 10.5. The van der Waals surface area contributed by atoms with Crippen molar-refractivity contribution in [3.05, 3.63) is 0 Å². The van der Waals surface area contributed by atoms with Crippen LogP contribution in [0.3, 0.4) is 0 Å². The van der Waals surface area contributed by atoms with E-state index in [1.165, 1.54) is 0 Å². The third-order valence-electron chi connectivity index (χ3n) is 1.29. The number of carbonyl (C=O) groups excluding carboxylic acids is 2. The normalized spacial score (nSPS) is 11.8. The second-order valence-corrected chi connectivity index (χ2v) is 2.93. The summed E-state index contributed by atoms with van der Waals surface area (Å²) in [5.74, 6) is -1.78. The van der Waals surface area contributed by atoms with E-state index in [2.05, 4.69) is 5.32 Å². The average Bonchev–Trinajstić information content (AvgIpc) is 1.96. The van der Waals surface area contributed by atoms with Crippen molar-refractivity contribution in [1.29, 1.82) is 0 Å². The molecule has 0 bridgehead atoms. The Balaban J connectivity index is 4.02. The fraction of sp³-hybridized carbons (Fsp3) is 0.500. The zero-order chi connectivity index (χ0) is 10.4. The van der Waals surface area contributed by atoms with E-state index in [0.717, 1.165) is 0 Å². The maximum Gasteiger partial charge on any atom is 0.326 e. The van der Waals surface area contributed by atoms with E-state index in [4.69, 9.17) is 10.8 Å². The molecule has 0 aromatic heterocycles. The molecule has 74 valence electrons. The lowest BCUT2D eigenvalue weighted by Crippen LogP contribution is -2.38. The van der Waals surface area contributed by atoms with Crippen LogP contribution >= 0.6 is 9.24 Å². The smallest absolute Gasteiger partial charge is 0.326 e. The number of hydrogen-bond acceptors (Lipinski definition) is 3. The van der Waals surface area contributed by atoms with Crippen LogP contribution < -0.4 is 11.1 Å². The van der Waals surface area contributed by atoms with Crippen LogP contribution in [0.15, 0.2) is 0 Å². The van der Waals surface area contributed by atoms with Gasteiger partial charge in [0.25, 0.3) is 0 Å². The zero-order valence-corrected chi connectivity index (χ0v) is 7.97. The maximum absolute atomic E-state index is 10.5. The minimum absolute atomic E-state index is 0.00477. The molecule has 0 fully saturated rings. The molecule has 0 aliphatic rings. The lowest BCUT2D eigenvalue weighted by Gasteiger charge is -2.11. The summed E-state index contributed by atoms with van der Waals surface area (Å²) in [7, 11) is 1.79. The van der Waals surface area contributed by atoms with E-state index >= 15 is 0 Å². The molecule has 7 heteroatoms. The van der Waals surface area contributed by atoms with Crippen molar-refractivity contribution < 1.29 is 19.5 Å². The SMILES string of the molecule is NC(=O)CC[C@H](NC(=O)P)C(=O)O. The number of carbonyl (C=O) groups is 3. The van der Waals surface area contributed by atoms with Gasteiger partial charge in [0.2, 0.25) is 11.6 Å². The first-order valence-corrected chi connectivity index (χ1v) is 4.08. The second-order valence-electron chi connectivity index (χ2n) is 2.40. The number of amides is 2. The number of aliphatic carboxylic acids is 1. The first kappa shape index (κ1) is 11.8. The van der Waals surface area contributed by atoms with E-state index in [9.17, 15) is 14.4 Å². The molecule has 0 spiro atoms. The molecule has 2 amide bonds. The second kappa shape index (κ2) is 5.48. The summed E-state index contributed by atoms with van der Waals surface area (Å²) < 4.78 is 0. The minimum atomic E-state index is -1.18. The molecule has 0 aromatic carbocycles. The number of primary amides is 1. The molecule has 0 radical (unpaired) electrons. The molecule has 6 nitrogen and oxygen atoms in total. The molecule has 13 heavy (non-hydrogen) atoms. The molecule has 0 aromatic rings. The fourth-order valence-electron chi connectivity index (χ4n) is 0.716. The number of nitrogens with one attached hydrogen (secondary N) is 1. The summed E-state index contributed by atoms with van der Waals surface area (Å²) in [6.45, 7) is 0. The highest BCUT2D eigenvalue weighted by atomic mass is 31.0. The van der Waals surface area contributed by atoms with Crippen LogP contribution in [0, 0.1) is 0 Å². The van der Waals surface area contributed by atoms with Gasteiger partial charge in [-0.1, -0.05) is 0 Å². The van der Waals surface area contributed by atoms with Gasteiger partial charge in [0, 0.05) is 6.42 Å². The van der Waals surface area contributed by atoms with Gasteiger partial charge in [-0.2, -0.15) is 0 Å². The summed E-state index contributed by atoms with van der Waals surface area (Å²) in [6.07, 6.45) is -0.0628. The van der Waals surface area contributed by atoms with E-state index in [1.807, 2.05) is 0 Å². The lowest BCUT2D eigenvalue weighted by atomic mass is 10.1. The third kappa shape index (κ3) is 6.04. The Morgan fingerprint density at radius 2 is 2.00 bits per heavy atom.